The molecule has 1 aromatic heterocycles. The molecule has 0 radical (unpaired) electrons. The number of hydrogen-bond donors (Lipinski definition) is 1. The molecule has 1 amide bonds. The summed E-state index contributed by atoms with van der Waals surface area (Å²) in [7, 11) is 2.41. The summed E-state index contributed by atoms with van der Waals surface area (Å²) < 4.78 is 20.4. The van der Waals surface area contributed by atoms with Crippen molar-refractivity contribution >= 4 is 12.1 Å². The van der Waals surface area contributed by atoms with Crippen molar-refractivity contribution in [1.29, 1.82) is 0 Å². The van der Waals surface area contributed by atoms with E-state index >= 15 is 0 Å². The highest BCUT2D eigenvalue weighted by atomic mass is 16.5. The number of ether oxygens (including phenoxy) is 3. The Hall–Kier alpha value is -2.55. The fourth-order valence-corrected chi connectivity index (χ4v) is 2.87. The number of hydrogen-bond acceptors (Lipinski definition) is 7. The Morgan fingerprint density at radius 3 is 2.64 bits per heavy atom. The van der Waals surface area contributed by atoms with Gasteiger partial charge < -0.3 is 23.7 Å². The van der Waals surface area contributed by atoms with E-state index in [0.29, 0.717) is 6.42 Å². The zero-order valence-corrected chi connectivity index (χ0v) is 14.5. The molecule has 138 valence electrons. The molecular weight excluding hydrogens is 334 g/mol. The first-order chi connectivity index (χ1) is 11.7. The maximum atomic E-state index is 12.1. The van der Waals surface area contributed by atoms with Gasteiger partial charge in [-0.2, -0.15) is 0 Å². The Morgan fingerprint density at radius 1 is 1.40 bits per heavy atom. The highest BCUT2D eigenvalue weighted by Crippen LogP contribution is 2.29. The molecule has 0 aromatic carbocycles. The first kappa shape index (κ1) is 18.8. The van der Waals surface area contributed by atoms with Crippen LogP contribution in [0.25, 0.3) is 0 Å². The molecule has 25 heavy (non-hydrogen) atoms. The van der Waals surface area contributed by atoms with E-state index in [1.165, 1.54) is 18.1 Å². The Kier molecular flexibility index (Phi) is 5.36. The second kappa shape index (κ2) is 7.14. The van der Waals surface area contributed by atoms with E-state index in [9.17, 15) is 19.5 Å². The largest absolute Gasteiger partial charge is 0.489 e. The van der Waals surface area contributed by atoms with Crippen LogP contribution >= 0.6 is 0 Å². The fraction of sp³-hybridized carbons (Fsp3) is 0.562. The third kappa shape index (κ3) is 3.76. The van der Waals surface area contributed by atoms with Crippen molar-refractivity contribution in [3.8, 4) is 5.75 Å². The van der Waals surface area contributed by atoms with Crippen LogP contribution in [-0.2, 0) is 15.9 Å². The van der Waals surface area contributed by atoms with E-state index in [-0.39, 0.29) is 36.3 Å². The molecule has 1 aliphatic heterocycles. The molecule has 1 aromatic rings. The Balaban J connectivity index is 2.21. The van der Waals surface area contributed by atoms with E-state index in [0.717, 1.165) is 7.11 Å². The van der Waals surface area contributed by atoms with Crippen molar-refractivity contribution in [3.05, 3.63) is 27.8 Å². The zero-order valence-electron chi connectivity index (χ0n) is 14.5. The number of carbonyl (C=O) groups is 2. The Bertz CT molecular complexity index is 723. The molecule has 9 heteroatoms. The second-order valence-corrected chi connectivity index (χ2v) is 6.03. The van der Waals surface area contributed by atoms with Crippen molar-refractivity contribution in [3.63, 3.8) is 0 Å². The summed E-state index contributed by atoms with van der Waals surface area (Å²) in [5, 5.41) is 9.37. The van der Waals surface area contributed by atoms with Crippen LogP contribution in [0.2, 0.25) is 0 Å². The molecule has 0 spiro atoms. The van der Waals surface area contributed by atoms with E-state index in [2.05, 4.69) is 4.74 Å². The van der Waals surface area contributed by atoms with Crippen molar-refractivity contribution in [2.45, 2.75) is 38.5 Å². The van der Waals surface area contributed by atoms with Gasteiger partial charge >= 0.3 is 12.1 Å². The van der Waals surface area contributed by atoms with Gasteiger partial charge in [0.1, 0.15) is 11.5 Å². The van der Waals surface area contributed by atoms with E-state index < -0.39 is 23.2 Å². The molecule has 1 unspecified atom stereocenters. The highest BCUT2D eigenvalue weighted by Gasteiger charge is 2.43. The maximum Gasteiger partial charge on any atom is 0.409 e. The lowest BCUT2D eigenvalue weighted by Gasteiger charge is -2.30. The van der Waals surface area contributed by atoms with Gasteiger partial charge in [-0.05, 0) is 20.3 Å². The Labute approximate surface area is 144 Å². The van der Waals surface area contributed by atoms with E-state index in [4.69, 9.17) is 13.9 Å². The van der Waals surface area contributed by atoms with Gasteiger partial charge in [0.2, 0.25) is 11.2 Å². The normalized spacial score (nSPS) is 18.9. The van der Waals surface area contributed by atoms with Crippen LogP contribution in [0, 0.1) is 0 Å². The quantitative estimate of drug-likeness (QED) is 0.790. The van der Waals surface area contributed by atoms with Gasteiger partial charge in [-0.3, -0.25) is 9.69 Å². The topological polar surface area (TPSA) is 116 Å². The van der Waals surface area contributed by atoms with Crippen molar-refractivity contribution in [1.82, 2.24) is 4.90 Å². The van der Waals surface area contributed by atoms with Crippen LogP contribution in [0.15, 0.2) is 15.3 Å². The van der Waals surface area contributed by atoms with Gasteiger partial charge in [0, 0.05) is 12.5 Å². The highest BCUT2D eigenvalue weighted by molar-refractivity contribution is 5.89. The molecule has 1 aliphatic rings. The molecule has 1 atom stereocenters. The molecule has 1 N–H and O–H groups in total. The van der Waals surface area contributed by atoms with E-state index in [1.54, 1.807) is 13.8 Å². The lowest BCUT2D eigenvalue weighted by Crippen LogP contribution is -2.47. The number of aryl methyl sites for hydroxylation is 1. The summed E-state index contributed by atoms with van der Waals surface area (Å²) in [6.45, 7) is 3.58. The van der Waals surface area contributed by atoms with Gasteiger partial charge in [0.25, 0.3) is 5.76 Å². The second-order valence-electron chi connectivity index (χ2n) is 6.03. The van der Waals surface area contributed by atoms with Gasteiger partial charge in [-0.25, -0.2) is 9.59 Å². The molecular formula is C16H21NO8. The molecule has 2 rings (SSSR count). The van der Waals surface area contributed by atoms with Crippen molar-refractivity contribution in [2.75, 3.05) is 20.8 Å². The minimum Gasteiger partial charge on any atom is -0.489 e. The monoisotopic (exact) mass is 355 g/mol. The van der Waals surface area contributed by atoms with Crippen LogP contribution in [-0.4, -0.2) is 54.7 Å². The van der Waals surface area contributed by atoms with Gasteiger partial charge in [0.05, 0.1) is 26.9 Å². The van der Waals surface area contributed by atoms with Gasteiger partial charge in [-0.1, -0.05) is 0 Å². The van der Waals surface area contributed by atoms with Crippen molar-refractivity contribution < 1.29 is 33.3 Å². The first-order valence-electron chi connectivity index (χ1n) is 7.66. The SMILES string of the molecule is COC(=O)c1oc(CCC2COC(C)(C)N2C(=O)O)cc(=O)c1OC. The summed E-state index contributed by atoms with van der Waals surface area (Å²) in [5.74, 6) is -1.13. The third-order valence-corrected chi connectivity index (χ3v) is 4.03. The maximum absolute atomic E-state index is 12.1. The molecule has 0 bridgehead atoms. The van der Waals surface area contributed by atoms with Crippen LogP contribution in [0.1, 0.15) is 36.6 Å². The molecule has 9 nitrogen and oxygen atoms in total. The van der Waals surface area contributed by atoms with Crippen LogP contribution < -0.4 is 10.2 Å². The number of amides is 1. The smallest absolute Gasteiger partial charge is 0.409 e. The predicted octanol–water partition coefficient (Wildman–Crippen LogP) is 1.48. The lowest BCUT2D eigenvalue weighted by atomic mass is 10.1. The average Bonchev–Trinajstić information content (AvgIpc) is 2.86. The number of carboxylic acid groups (broad SMARTS) is 1. The van der Waals surface area contributed by atoms with Crippen LogP contribution in [0.5, 0.6) is 5.75 Å². The predicted molar refractivity (Wildman–Crippen MR) is 84.9 cm³/mol. The summed E-state index contributed by atoms with van der Waals surface area (Å²) in [4.78, 5) is 36.5. The Morgan fingerprint density at radius 2 is 2.08 bits per heavy atom. The van der Waals surface area contributed by atoms with E-state index in [1.807, 2.05) is 0 Å². The molecule has 0 aliphatic carbocycles. The number of rotatable bonds is 5. The number of esters is 1. The van der Waals surface area contributed by atoms with Crippen molar-refractivity contribution in [2.24, 2.45) is 0 Å². The lowest BCUT2D eigenvalue weighted by molar-refractivity contribution is -0.0421. The van der Waals surface area contributed by atoms with Crippen LogP contribution in [0.3, 0.4) is 0 Å². The number of carbonyl (C=O) groups excluding carboxylic acids is 1. The standard InChI is InChI=1S/C16H21NO8/c1-16(2)17(15(20)21)9(8-24-16)5-6-10-7-11(18)12(22-3)13(25-10)14(19)23-4/h7,9H,5-6,8H2,1-4H3,(H,20,21). The summed E-state index contributed by atoms with van der Waals surface area (Å²) in [6.07, 6.45) is -0.471. The van der Waals surface area contributed by atoms with Gasteiger partial charge in [-0.15, -0.1) is 0 Å². The third-order valence-electron chi connectivity index (χ3n) is 4.03. The molecule has 0 saturated carbocycles. The molecule has 1 fully saturated rings. The summed E-state index contributed by atoms with van der Waals surface area (Å²) in [5.41, 5.74) is -1.43. The fourth-order valence-electron chi connectivity index (χ4n) is 2.87. The number of nitrogens with zero attached hydrogens (tertiary/aromatic N) is 1. The van der Waals surface area contributed by atoms with Gasteiger partial charge in [0.15, 0.2) is 0 Å². The average molecular weight is 355 g/mol. The van der Waals surface area contributed by atoms with Crippen LogP contribution in [0.4, 0.5) is 4.79 Å². The minimum atomic E-state index is -1.08. The first-order valence-corrected chi connectivity index (χ1v) is 7.66. The molecule has 2 heterocycles. The minimum absolute atomic E-state index is 0.229. The summed E-state index contributed by atoms with van der Waals surface area (Å²) in [6, 6.07) is 0.832. The number of methoxy groups -OCH3 is 2. The zero-order chi connectivity index (χ0) is 18.8. The summed E-state index contributed by atoms with van der Waals surface area (Å²) >= 11 is 0. The molecule has 1 saturated heterocycles.